The molecule has 2 aromatic carbocycles. The summed E-state index contributed by atoms with van der Waals surface area (Å²) in [6.45, 7) is 1.55. The zero-order chi connectivity index (χ0) is 19.6. The summed E-state index contributed by atoms with van der Waals surface area (Å²) in [5.41, 5.74) is 2.49. The minimum absolute atomic E-state index is 0.0678. The monoisotopic (exact) mass is 370 g/mol. The van der Waals surface area contributed by atoms with Gasteiger partial charge in [-0.05, 0) is 41.8 Å². The van der Waals surface area contributed by atoms with E-state index in [2.05, 4.69) is 17.6 Å². The molecule has 27 heavy (non-hydrogen) atoms. The van der Waals surface area contributed by atoms with E-state index in [4.69, 9.17) is 9.84 Å². The first-order valence-corrected chi connectivity index (χ1v) is 8.55. The van der Waals surface area contributed by atoms with Crippen LogP contribution in [0.25, 0.3) is 0 Å². The molecule has 2 aromatic rings. The summed E-state index contributed by atoms with van der Waals surface area (Å²) in [5, 5.41) is 13.5. The van der Waals surface area contributed by atoms with E-state index in [-0.39, 0.29) is 24.8 Å². The third-order valence-electron chi connectivity index (χ3n) is 3.74. The fourth-order valence-electron chi connectivity index (χ4n) is 2.30. The van der Waals surface area contributed by atoms with E-state index in [1.54, 1.807) is 24.3 Å². The number of hydrogen-bond acceptors (Lipinski definition) is 4. The Kier molecular flexibility index (Phi) is 7.37. The molecule has 0 atom stereocenters. The lowest BCUT2D eigenvalue weighted by molar-refractivity contribution is -0.137. The van der Waals surface area contributed by atoms with Crippen molar-refractivity contribution in [1.29, 1.82) is 0 Å². The van der Waals surface area contributed by atoms with Crippen LogP contribution < -0.4 is 15.4 Å². The Morgan fingerprint density at radius 3 is 2.15 bits per heavy atom. The highest BCUT2D eigenvalue weighted by molar-refractivity contribution is 5.92. The lowest BCUT2D eigenvalue weighted by Crippen LogP contribution is -2.30. The van der Waals surface area contributed by atoms with Crippen LogP contribution in [0.4, 0.5) is 5.69 Å². The normalized spacial score (nSPS) is 10.1. The van der Waals surface area contributed by atoms with Crippen LogP contribution >= 0.6 is 0 Å². The lowest BCUT2D eigenvalue weighted by Gasteiger charge is -2.09. The molecule has 2 amide bonds. The maximum absolute atomic E-state index is 12.0. The van der Waals surface area contributed by atoms with Gasteiger partial charge in [-0.2, -0.15) is 0 Å². The number of aliphatic carboxylic acids is 1. The van der Waals surface area contributed by atoms with Gasteiger partial charge in [-0.25, -0.2) is 0 Å². The largest absolute Gasteiger partial charge is 0.484 e. The first-order chi connectivity index (χ1) is 13.0. The van der Waals surface area contributed by atoms with Crippen molar-refractivity contribution >= 4 is 23.5 Å². The van der Waals surface area contributed by atoms with Crippen molar-refractivity contribution in [2.24, 2.45) is 0 Å². The van der Waals surface area contributed by atoms with Crippen molar-refractivity contribution in [2.45, 2.75) is 19.8 Å². The van der Waals surface area contributed by atoms with Gasteiger partial charge in [0.15, 0.2) is 6.61 Å². The van der Waals surface area contributed by atoms with E-state index in [9.17, 15) is 14.4 Å². The molecule has 0 saturated carbocycles. The van der Waals surface area contributed by atoms with Crippen molar-refractivity contribution in [3.8, 4) is 5.75 Å². The van der Waals surface area contributed by atoms with Gasteiger partial charge in [0.05, 0.1) is 6.42 Å². The maximum Gasteiger partial charge on any atom is 0.322 e. The Morgan fingerprint density at radius 1 is 0.926 bits per heavy atom. The van der Waals surface area contributed by atoms with E-state index >= 15 is 0 Å². The first kappa shape index (κ1) is 20.0. The summed E-state index contributed by atoms with van der Waals surface area (Å²) >= 11 is 0. The number of hydrogen-bond donors (Lipinski definition) is 3. The SMILES string of the molecule is CCc1ccc(OCC(=O)Nc2ccc(CC(=O)NCC(=O)O)cc2)cc1. The number of carboxylic acid groups (broad SMARTS) is 1. The number of carboxylic acids is 1. The number of amides is 2. The number of anilines is 1. The van der Waals surface area contributed by atoms with Crippen LogP contribution in [0.1, 0.15) is 18.1 Å². The molecule has 7 heteroatoms. The molecule has 0 spiro atoms. The molecule has 142 valence electrons. The van der Waals surface area contributed by atoms with Crippen LogP contribution in [0.5, 0.6) is 5.75 Å². The minimum Gasteiger partial charge on any atom is -0.484 e. The minimum atomic E-state index is -1.09. The standard InChI is InChI=1S/C20H22N2O5/c1-2-14-5-9-17(10-6-14)27-13-19(24)22-16-7-3-15(4-8-16)11-18(23)21-12-20(25)26/h3-10H,2,11-13H2,1H3,(H,21,23)(H,22,24)(H,25,26). The molecule has 3 N–H and O–H groups in total. The molecular weight excluding hydrogens is 348 g/mol. The number of aryl methyl sites for hydroxylation is 1. The molecule has 0 fully saturated rings. The van der Waals surface area contributed by atoms with Gasteiger partial charge >= 0.3 is 5.97 Å². The summed E-state index contributed by atoms with van der Waals surface area (Å²) in [4.78, 5) is 34.0. The summed E-state index contributed by atoms with van der Waals surface area (Å²) < 4.78 is 5.45. The average Bonchev–Trinajstić information content (AvgIpc) is 2.66. The molecule has 0 heterocycles. The number of carbonyl (C=O) groups excluding carboxylic acids is 2. The Hall–Kier alpha value is -3.35. The van der Waals surface area contributed by atoms with E-state index in [1.165, 1.54) is 5.56 Å². The van der Waals surface area contributed by atoms with E-state index < -0.39 is 12.5 Å². The summed E-state index contributed by atoms with van der Waals surface area (Å²) in [5.74, 6) is -1.13. The van der Waals surface area contributed by atoms with Gasteiger partial charge in [-0.15, -0.1) is 0 Å². The van der Waals surface area contributed by atoms with Crippen molar-refractivity contribution < 1.29 is 24.2 Å². The number of rotatable bonds is 9. The fourth-order valence-corrected chi connectivity index (χ4v) is 2.30. The van der Waals surface area contributed by atoms with Crippen LogP contribution in [-0.4, -0.2) is 36.0 Å². The molecular formula is C20H22N2O5. The Labute approximate surface area is 157 Å². The van der Waals surface area contributed by atoms with Gasteiger partial charge in [-0.3, -0.25) is 14.4 Å². The van der Waals surface area contributed by atoms with Crippen LogP contribution in [-0.2, 0) is 27.2 Å². The molecule has 0 aliphatic rings. The van der Waals surface area contributed by atoms with Gasteiger partial charge in [0, 0.05) is 5.69 Å². The molecule has 0 aliphatic carbocycles. The molecule has 0 unspecified atom stereocenters. The molecule has 0 aromatic heterocycles. The lowest BCUT2D eigenvalue weighted by atomic mass is 10.1. The zero-order valence-corrected chi connectivity index (χ0v) is 15.0. The molecule has 7 nitrogen and oxygen atoms in total. The Morgan fingerprint density at radius 2 is 1.56 bits per heavy atom. The molecule has 0 bridgehead atoms. The quantitative estimate of drug-likeness (QED) is 0.626. The van der Waals surface area contributed by atoms with Gasteiger partial charge in [-0.1, -0.05) is 31.2 Å². The molecule has 0 aliphatic heterocycles. The third kappa shape index (κ3) is 7.19. The zero-order valence-electron chi connectivity index (χ0n) is 15.0. The summed E-state index contributed by atoms with van der Waals surface area (Å²) in [6, 6.07) is 14.3. The first-order valence-electron chi connectivity index (χ1n) is 8.55. The van der Waals surface area contributed by atoms with Crippen LogP contribution in [0.2, 0.25) is 0 Å². The molecule has 0 saturated heterocycles. The molecule has 0 radical (unpaired) electrons. The highest BCUT2D eigenvalue weighted by Gasteiger charge is 2.07. The topological polar surface area (TPSA) is 105 Å². The summed E-state index contributed by atoms with van der Waals surface area (Å²) in [7, 11) is 0. The highest BCUT2D eigenvalue weighted by atomic mass is 16.5. The van der Waals surface area contributed by atoms with Gasteiger partial charge in [0.25, 0.3) is 5.91 Å². The second kappa shape index (κ2) is 9.96. The second-order valence-corrected chi connectivity index (χ2v) is 5.88. The average molecular weight is 370 g/mol. The van der Waals surface area contributed by atoms with Crippen LogP contribution in [0.15, 0.2) is 48.5 Å². The van der Waals surface area contributed by atoms with Crippen LogP contribution in [0.3, 0.4) is 0 Å². The van der Waals surface area contributed by atoms with Crippen molar-refractivity contribution in [2.75, 3.05) is 18.5 Å². The van der Waals surface area contributed by atoms with E-state index in [0.29, 0.717) is 17.0 Å². The van der Waals surface area contributed by atoms with Gasteiger partial charge < -0.3 is 20.5 Å². The summed E-state index contributed by atoms with van der Waals surface area (Å²) in [6.07, 6.45) is 1.01. The number of ether oxygens (including phenoxy) is 1. The smallest absolute Gasteiger partial charge is 0.322 e. The predicted molar refractivity (Wildman–Crippen MR) is 101 cm³/mol. The second-order valence-electron chi connectivity index (χ2n) is 5.88. The fraction of sp³-hybridized carbons (Fsp3) is 0.250. The van der Waals surface area contributed by atoms with Gasteiger partial charge in [0.2, 0.25) is 5.91 Å². The van der Waals surface area contributed by atoms with E-state index in [1.807, 2.05) is 24.3 Å². The number of nitrogens with one attached hydrogen (secondary N) is 2. The number of carbonyl (C=O) groups is 3. The molecule has 2 rings (SSSR count). The van der Waals surface area contributed by atoms with Gasteiger partial charge in [0.1, 0.15) is 12.3 Å². The van der Waals surface area contributed by atoms with Crippen molar-refractivity contribution in [3.05, 3.63) is 59.7 Å². The number of benzene rings is 2. The van der Waals surface area contributed by atoms with Crippen molar-refractivity contribution in [3.63, 3.8) is 0 Å². The Balaban J connectivity index is 1.78. The van der Waals surface area contributed by atoms with Crippen molar-refractivity contribution in [1.82, 2.24) is 5.32 Å². The van der Waals surface area contributed by atoms with E-state index in [0.717, 1.165) is 6.42 Å². The highest BCUT2D eigenvalue weighted by Crippen LogP contribution is 2.13. The third-order valence-corrected chi connectivity index (χ3v) is 3.74. The van der Waals surface area contributed by atoms with Crippen LogP contribution in [0, 0.1) is 0 Å². The predicted octanol–water partition coefficient (Wildman–Crippen LogP) is 2.01. The maximum atomic E-state index is 12.0. The Bertz CT molecular complexity index is 785.